The summed E-state index contributed by atoms with van der Waals surface area (Å²) in [6, 6.07) is 17.8. The minimum atomic E-state index is -1.08. The van der Waals surface area contributed by atoms with Gasteiger partial charge in [0, 0.05) is 6.42 Å². The Morgan fingerprint density at radius 2 is 1.75 bits per heavy atom. The standard InChI is InChI=1S/C22H19NO5/c24-11-12-28-18-9-8-16-13-15(5-7-17(16)14-18)6-10-21(25)23-20-4-2-1-3-19(20)22(26)27/h1-5,7-9,11,13-14H,6,10,12H2,(H,23,25)(H,26,27). The van der Waals surface area contributed by atoms with Crippen LogP contribution in [0.5, 0.6) is 5.75 Å². The summed E-state index contributed by atoms with van der Waals surface area (Å²) in [5.74, 6) is -0.697. The number of aldehydes is 1. The quantitative estimate of drug-likeness (QED) is 0.584. The fourth-order valence-electron chi connectivity index (χ4n) is 2.90. The Bertz CT molecular complexity index is 1030. The van der Waals surface area contributed by atoms with Crippen LogP contribution in [0, 0.1) is 0 Å². The second-order valence-electron chi connectivity index (χ2n) is 6.22. The van der Waals surface area contributed by atoms with Crippen molar-refractivity contribution in [2.45, 2.75) is 12.8 Å². The van der Waals surface area contributed by atoms with E-state index >= 15 is 0 Å². The summed E-state index contributed by atoms with van der Waals surface area (Å²) >= 11 is 0. The number of anilines is 1. The van der Waals surface area contributed by atoms with Gasteiger partial charge in [0.15, 0.2) is 6.29 Å². The van der Waals surface area contributed by atoms with E-state index in [2.05, 4.69) is 5.32 Å². The minimum absolute atomic E-state index is 0.0176. The SMILES string of the molecule is O=CCOc1ccc2cc(CCC(=O)Nc3ccccc3C(=O)O)ccc2c1. The van der Waals surface area contributed by atoms with Gasteiger partial charge in [0.1, 0.15) is 12.4 Å². The molecule has 0 radical (unpaired) electrons. The van der Waals surface area contributed by atoms with Crippen LogP contribution >= 0.6 is 0 Å². The van der Waals surface area contributed by atoms with Crippen molar-refractivity contribution in [2.24, 2.45) is 0 Å². The number of aryl methyl sites for hydroxylation is 1. The van der Waals surface area contributed by atoms with Crippen LogP contribution in [-0.2, 0) is 16.0 Å². The van der Waals surface area contributed by atoms with E-state index in [1.807, 2.05) is 30.3 Å². The van der Waals surface area contributed by atoms with Crippen LogP contribution in [0.1, 0.15) is 22.3 Å². The van der Waals surface area contributed by atoms with Gasteiger partial charge in [-0.15, -0.1) is 0 Å². The smallest absolute Gasteiger partial charge is 0.337 e. The van der Waals surface area contributed by atoms with Crippen molar-refractivity contribution in [2.75, 3.05) is 11.9 Å². The maximum Gasteiger partial charge on any atom is 0.337 e. The van der Waals surface area contributed by atoms with Crippen molar-refractivity contribution >= 4 is 34.6 Å². The van der Waals surface area contributed by atoms with Crippen molar-refractivity contribution in [3.8, 4) is 5.75 Å². The number of carbonyl (C=O) groups excluding carboxylic acids is 2. The lowest BCUT2D eigenvalue weighted by molar-refractivity contribution is -0.116. The molecule has 0 saturated heterocycles. The molecule has 0 saturated carbocycles. The number of rotatable bonds is 8. The number of nitrogens with one attached hydrogen (secondary N) is 1. The number of para-hydroxylation sites is 1. The van der Waals surface area contributed by atoms with E-state index in [0.717, 1.165) is 16.3 Å². The van der Waals surface area contributed by atoms with Crippen LogP contribution in [0.2, 0.25) is 0 Å². The van der Waals surface area contributed by atoms with Crippen molar-refractivity contribution in [3.05, 3.63) is 71.8 Å². The lowest BCUT2D eigenvalue weighted by atomic mass is 10.0. The average Bonchev–Trinajstić information content (AvgIpc) is 2.70. The number of carbonyl (C=O) groups is 3. The predicted molar refractivity (Wildman–Crippen MR) is 106 cm³/mol. The van der Waals surface area contributed by atoms with Gasteiger partial charge in [-0.25, -0.2) is 4.79 Å². The topological polar surface area (TPSA) is 92.7 Å². The number of ether oxygens (including phenoxy) is 1. The predicted octanol–water partition coefficient (Wildman–Crippen LogP) is 3.69. The molecule has 1 amide bonds. The number of aromatic carboxylic acids is 1. The average molecular weight is 377 g/mol. The Hall–Kier alpha value is -3.67. The summed E-state index contributed by atoms with van der Waals surface area (Å²) in [6.45, 7) is 0.0176. The maximum atomic E-state index is 12.2. The molecule has 3 rings (SSSR count). The third-order valence-corrected chi connectivity index (χ3v) is 4.27. The van der Waals surface area contributed by atoms with Crippen molar-refractivity contribution < 1.29 is 24.2 Å². The molecule has 0 unspecified atom stereocenters. The highest BCUT2D eigenvalue weighted by atomic mass is 16.5. The maximum absolute atomic E-state index is 12.2. The molecule has 6 nitrogen and oxygen atoms in total. The summed E-state index contributed by atoms with van der Waals surface area (Å²) in [4.78, 5) is 33.8. The molecule has 0 spiro atoms. The Balaban J connectivity index is 1.64. The highest BCUT2D eigenvalue weighted by Gasteiger charge is 2.11. The molecule has 0 aliphatic rings. The number of hydrogen-bond acceptors (Lipinski definition) is 4. The summed E-state index contributed by atoms with van der Waals surface area (Å²) in [6.07, 6.45) is 1.47. The van der Waals surface area contributed by atoms with Crippen LogP contribution in [0.15, 0.2) is 60.7 Å². The van der Waals surface area contributed by atoms with Crippen molar-refractivity contribution in [1.29, 1.82) is 0 Å². The monoisotopic (exact) mass is 377 g/mol. The van der Waals surface area contributed by atoms with E-state index in [9.17, 15) is 19.5 Å². The molecule has 0 bridgehead atoms. The Labute approximate surface area is 161 Å². The summed E-state index contributed by atoms with van der Waals surface area (Å²) in [5, 5.41) is 13.8. The van der Waals surface area contributed by atoms with Gasteiger partial charge < -0.3 is 15.2 Å². The fourth-order valence-corrected chi connectivity index (χ4v) is 2.90. The Morgan fingerprint density at radius 1 is 1.00 bits per heavy atom. The largest absolute Gasteiger partial charge is 0.486 e. The Morgan fingerprint density at radius 3 is 2.54 bits per heavy atom. The molecular formula is C22H19NO5. The van der Waals surface area contributed by atoms with Crippen molar-refractivity contribution in [3.63, 3.8) is 0 Å². The van der Waals surface area contributed by atoms with E-state index in [-0.39, 0.29) is 24.5 Å². The molecule has 28 heavy (non-hydrogen) atoms. The first-order valence-electron chi connectivity index (χ1n) is 8.78. The summed E-state index contributed by atoms with van der Waals surface area (Å²) < 4.78 is 5.29. The molecular weight excluding hydrogens is 358 g/mol. The molecule has 2 N–H and O–H groups in total. The first kappa shape index (κ1) is 19.1. The molecule has 3 aromatic carbocycles. The molecule has 0 aromatic heterocycles. The molecule has 0 heterocycles. The van der Waals surface area contributed by atoms with Gasteiger partial charge >= 0.3 is 5.97 Å². The van der Waals surface area contributed by atoms with Crippen LogP contribution in [0.4, 0.5) is 5.69 Å². The second-order valence-corrected chi connectivity index (χ2v) is 6.22. The minimum Gasteiger partial charge on any atom is -0.486 e. The van der Waals surface area contributed by atoms with Gasteiger partial charge in [0.05, 0.1) is 11.3 Å². The van der Waals surface area contributed by atoms with Gasteiger partial charge in [-0.1, -0.05) is 36.4 Å². The molecule has 0 fully saturated rings. The fraction of sp³-hybridized carbons (Fsp3) is 0.136. The number of fused-ring (bicyclic) bond motifs is 1. The third kappa shape index (κ3) is 4.73. The number of hydrogen-bond donors (Lipinski definition) is 2. The van der Waals surface area contributed by atoms with E-state index in [1.54, 1.807) is 24.3 Å². The normalized spacial score (nSPS) is 10.4. The Kier molecular flexibility index (Phi) is 6.01. The van der Waals surface area contributed by atoms with Gasteiger partial charge in [0.2, 0.25) is 5.91 Å². The van der Waals surface area contributed by atoms with Crippen LogP contribution in [0.25, 0.3) is 10.8 Å². The highest BCUT2D eigenvalue weighted by Crippen LogP contribution is 2.23. The lowest BCUT2D eigenvalue weighted by Crippen LogP contribution is -2.15. The van der Waals surface area contributed by atoms with Crippen LogP contribution in [-0.4, -0.2) is 29.9 Å². The molecule has 0 aliphatic heterocycles. The molecule has 6 heteroatoms. The van der Waals surface area contributed by atoms with Gasteiger partial charge in [-0.05, 0) is 47.0 Å². The first-order chi connectivity index (χ1) is 13.6. The zero-order valence-corrected chi connectivity index (χ0v) is 15.1. The highest BCUT2D eigenvalue weighted by molar-refractivity contribution is 6.00. The van der Waals surface area contributed by atoms with Gasteiger partial charge in [-0.2, -0.15) is 0 Å². The zero-order valence-electron chi connectivity index (χ0n) is 15.1. The number of carboxylic acid groups (broad SMARTS) is 1. The first-order valence-corrected chi connectivity index (χ1v) is 8.78. The third-order valence-electron chi connectivity index (χ3n) is 4.27. The van der Waals surface area contributed by atoms with Crippen LogP contribution in [0.3, 0.4) is 0 Å². The molecule has 0 aliphatic carbocycles. The number of benzene rings is 3. The number of amides is 1. The second kappa shape index (κ2) is 8.81. The van der Waals surface area contributed by atoms with E-state index < -0.39 is 5.97 Å². The van der Waals surface area contributed by atoms with Crippen molar-refractivity contribution in [1.82, 2.24) is 0 Å². The van der Waals surface area contributed by atoms with E-state index in [4.69, 9.17) is 4.74 Å². The number of carboxylic acids is 1. The van der Waals surface area contributed by atoms with Gasteiger partial charge in [-0.3, -0.25) is 9.59 Å². The molecule has 3 aromatic rings. The zero-order chi connectivity index (χ0) is 19.9. The summed E-state index contributed by atoms with van der Waals surface area (Å²) in [7, 11) is 0. The summed E-state index contributed by atoms with van der Waals surface area (Å²) in [5.41, 5.74) is 1.35. The lowest BCUT2D eigenvalue weighted by Gasteiger charge is -2.09. The molecule has 142 valence electrons. The van der Waals surface area contributed by atoms with Crippen LogP contribution < -0.4 is 10.1 Å². The van der Waals surface area contributed by atoms with E-state index in [0.29, 0.717) is 24.1 Å². The van der Waals surface area contributed by atoms with Gasteiger partial charge in [0.25, 0.3) is 0 Å². The van der Waals surface area contributed by atoms with E-state index in [1.165, 1.54) is 6.07 Å². The molecule has 0 atom stereocenters.